The van der Waals surface area contributed by atoms with Gasteiger partial charge in [0.2, 0.25) is 5.91 Å². The molecule has 2 heterocycles. The van der Waals surface area contributed by atoms with Crippen molar-refractivity contribution in [2.75, 3.05) is 18.8 Å². The van der Waals surface area contributed by atoms with Crippen LogP contribution >= 0.6 is 11.8 Å². The highest BCUT2D eigenvalue weighted by atomic mass is 32.2. The van der Waals surface area contributed by atoms with Gasteiger partial charge in [0.05, 0.1) is 5.75 Å². The first-order valence-corrected chi connectivity index (χ1v) is 11.4. The fourth-order valence-electron chi connectivity index (χ4n) is 3.75. The summed E-state index contributed by atoms with van der Waals surface area (Å²) in [6, 6.07) is 15.4. The van der Waals surface area contributed by atoms with E-state index in [-0.39, 0.29) is 11.7 Å². The molecule has 0 spiro atoms. The van der Waals surface area contributed by atoms with E-state index in [1.54, 1.807) is 12.1 Å². The summed E-state index contributed by atoms with van der Waals surface area (Å²) in [6.45, 7) is 6.18. The summed E-state index contributed by atoms with van der Waals surface area (Å²) in [5.41, 5.74) is 4.53. The molecule has 0 unspecified atom stereocenters. The smallest absolute Gasteiger partial charge is 0.233 e. The zero-order chi connectivity index (χ0) is 21.8. The summed E-state index contributed by atoms with van der Waals surface area (Å²) in [5, 5.41) is 19.0. The predicted octanol–water partition coefficient (Wildman–Crippen LogP) is 4.39. The number of phenols is 1. The van der Waals surface area contributed by atoms with Crippen LogP contribution in [-0.4, -0.2) is 49.5 Å². The minimum Gasteiger partial charge on any atom is -0.508 e. The van der Waals surface area contributed by atoms with Crippen LogP contribution in [0.3, 0.4) is 0 Å². The summed E-state index contributed by atoms with van der Waals surface area (Å²) in [4.78, 5) is 14.7. The highest BCUT2D eigenvalue weighted by molar-refractivity contribution is 7.99. The number of carbonyl (C=O) groups is 1. The van der Waals surface area contributed by atoms with Crippen molar-refractivity contribution in [3.63, 3.8) is 0 Å². The fraction of sp³-hybridized carbons (Fsp3) is 0.292. The van der Waals surface area contributed by atoms with E-state index in [4.69, 9.17) is 0 Å². The Hall–Kier alpha value is -3.06. The number of aromatic hydroxyl groups is 1. The topological polar surface area (TPSA) is 71.2 Å². The third-order valence-corrected chi connectivity index (χ3v) is 6.50. The summed E-state index contributed by atoms with van der Waals surface area (Å²) in [6.07, 6.45) is 2.91. The van der Waals surface area contributed by atoms with Gasteiger partial charge in [-0.1, -0.05) is 54.2 Å². The Morgan fingerprint density at radius 2 is 1.90 bits per heavy atom. The molecule has 0 fully saturated rings. The molecule has 1 amide bonds. The highest BCUT2D eigenvalue weighted by Crippen LogP contribution is 2.27. The second-order valence-corrected chi connectivity index (χ2v) is 8.46. The molecule has 1 aliphatic rings. The average Bonchev–Trinajstić information content (AvgIpc) is 3.21. The van der Waals surface area contributed by atoms with E-state index in [9.17, 15) is 9.90 Å². The van der Waals surface area contributed by atoms with E-state index in [0.29, 0.717) is 18.8 Å². The number of thioether (sulfide) groups is 1. The minimum absolute atomic E-state index is 0.106. The molecule has 0 atom stereocenters. The van der Waals surface area contributed by atoms with Crippen LogP contribution in [-0.2, 0) is 11.3 Å². The highest BCUT2D eigenvalue weighted by Gasteiger charge is 2.20. The molecule has 0 aliphatic carbocycles. The number of hydrogen-bond acceptors (Lipinski definition) is 5. The number of nitrogens with zero attached hydrogens (tertiary/aromatic N) is 4. The third-order valence-electron chi connectivity index (χ3n) is 5.54. The number of amides is 1. The molecule has 7 heteroatoms. The van der Waals surface area contributed by atoms with Gasteiger partial charge in [0.15, 0.2) is 11.0 Å². The SMILES string of the molecule is CCn1c(SCC(=O)N2CC=C(c3ccc(O)cc3)CC2)nnc1-c1ccccc1C. The summed E-state index contributed by atoms with van der Waals surface area (Å²) < 4.78 is 2.07. The molecular formula is C24H26N4O2S. The van der Waals surface area contributed by atoms with Crippen molar-refractivity contribution in [3.05, 3.63) is 65.7 Å². The van der Waals surface area contributed by atoms with Crippen LogP contribution in [0.25, 0.3) is 17.0 Å². The van der Waals surface area contributed by atoms with Crippen LogP contribution < -0.4 is 0 Å². The van der Waals surface area contributed by atoms with Crippen molar-refractivity contribution in [2.24, 2.45) is 0 Å². The third kappa shape index (κ3) is 4.66. The number of phenolic OH excluding ortho intramolecular Hbond substituents is 1. The molecule has 1 N–H and O–H groups in total. The first kappa shape index (κ1) is 21.2. The van der Waals surface area contributed by atoms with E-state index in [1.165, 1.54) is 17.3 Å². The largest absolute Gasteiger partial charge is 0.508 e. The summed E-state index contributed by atoms with van der Waals surface area (Å²) in [7, 11) is 0. The maximum absolute atomic E-state index is 12.8. The van der Waals surface area contributed by atoms with Gasteiger partial charge in [-0.25, -0.2) is 0 Å². The van der Waals surface area contributed by atoms with Crippen molar-refractivity contribution in [1.29, 1.82) is 0 Å². The Kier molecular flexibility index (Phi) is 6.42. The van der Waals surface area contributed by atoms with E-state index >= 15 is 0 Å². The van der Waals surface area contributed by atoms with Crippen molar-refractivity contribution in [2.45, 2.75) is 32.0 Å². The van der Waals surface area contributed by atoms with Gasteiger partial charge in [-0.3, -0.25) is 4.79 Å². The molecule has 0 radical (unpaired) electrons. The Morgan fingerprint density at radius 1 is 1.13 bits per heavy atom. The molecule has 31 heavy (non-hydrogen) atoms. The number of aryl methyl sites for hydroxylation is 1. The molecule has 1 aliphatic heterocycles. The zero-order valence-corrected chi connectivity index (χ0v) is 18.6. The Labute approximate surface area is 186 Å². The molecule has 4 rings (SSSR count). The number of rotatable bonds is 6. The second kappa shape index (κ2) is 9.39. The van der Waals surface area contributed by atoms with Crippen LogP contribution in [0.5, 0.6) is 5.75 Å². The maximum Gasteiger partial charge on any atom is 0.233 e. The lowest BCUT2D eigenvalue weighted by Gasteiger charge is -2.26. The number of carbonyl (C=O) groups excluding carboxylic acids is 1. The van der Waals surface area contributed by atoms with Crippen LogP contribution in [0, 0.1) is 6.92 Å². The van der Waals surface area contributed by atoms with Crippen molar-refractivity contribution in [3.8, 4) is 17.1 Å². The fourth-order valence-corrected chi connectivity index (χ4v) is 4.66. The van der Waals surface area contributed by atoms with Gasteiger partial charge < -0.3 is 14.6 Å². The quantitative estimate of drug-likeness (QED) is 0.583. The Morgan fingerprint density at radius 3 is 2.58 bits per heavy atom. The monoisotopic (exact) mass is 434 g/mol. The zero-order valence-electron chi connectivity index (χ0n) is 17.8. The van der Waals surface area contributed by atoms with E-state index < -0.39 is 0 Å². The predicted molar refractivity (Wildman–Crippen MR) is 124 cm³/mol. The van der Waals surface area contributed by atoms with Gasteiger partial charge in [-0.05, 0) is 49.1 Å². The van der Waals surface area contributed by atoms with Gasteiger partial charge in [-0.2, -0.15) is 0 Å². The number of aromatic nitrogens is 3. The standard InChI is InChI=1S/C24H26N4O2S/c1-3-28-23(21-7-5-4-6-17(21)2)25-26-24(28)31-16-22(30)27-14-12-19(13-15-27)18-8-10-20(29)11-9-18/h4-12,29H,3,13-16H2,1-2H3. The van der Waals surface area contributed by atoms with Crippen LogP contribution in [0.4, 0.5) is 0 Å². The summed E-state index contributed by atoms with van der Waals surface area (Å²) >= 11 is 1.44. The van der Waals surface area contributed by atoms with Gasteiger partial charge in [0, 0.05) is 25.2 Å². The molecule has 0 bridgehead atoms. The Balaban J connectivity index is 1.39. The number of hydrogen-bond donors (Lipinski definition) is 1. The van der Waals surface area contributed by atoms with Crippen LogP contribution in [0.15, 0.2) is 59.8 Å². The molecule has 2 aromatic carbocycles. The maximum atomic E-state index is 12.8. The lowest BCUT2D eigenvalue weighted by atomic mass is 9.99. The lowest BCUT2D eigenvalue weighted by Crippen LogP contribution is -2.35. The Bertz CT molecular complexity index is 1110. The molecule has 0 saturated heterocycles. The molecule has 160 valence electrons. The second-order valence-electron chi connectivity index (χ2n) is 7.52. The van der Waals surface area contributed by atoms with Crippen molar-refractivity contribution < 1.29 is 9.90 Å². The van der Waals surface area contributed by atoms with Crippen LogP contribution in [0.2, 0.25) is 0 Å². The normalized spacial score (nSPS) is 13.9. The lowest BCUT2D eigenvalue weighted by molar-refractivity contribution is -0.127. The molecule has 6 nitrogen and oxygen atoms in total. The molecule has 1 aromatic heterocycles. The average molecular weight is 435 g/mol. The van der Waals surface area contributed by atoms with Gasteiger partial charge in [0.25, 0.3) is 0 Å². The van der Waals surface area contributed by atoms with Crippen molar-refractivity contribution in [1.82, 2.24) is 19.7 Å². The van der Waals surface area contributed by atoms with E-state index in [2.05, 4.69) is 46.8 Å². The minimum atomic E-state index is 0.106. The van der Waals surface area contributed by atoms with Crippen LogP contribution in [0.1, 0.15) is 24.5 Å². The molecule has 0 saturated carbocycles. The van der Waals surface area contributed by atoms with Gasteiger partial charge in [0.1, 0.15) is 5.75 Å². The van der Waals surface area contributed by atoms with Crippen molar-refractivity contribution >= 4 is 23.2 Å². The van der Waals surface area contributed by atoms with Gasteiger partial charge in [-0.15, -0.1) is 10.2 Å². The molecule has 3 aromatic rings. The first-order chi connectivity index (χ1) is 15.1. The van der Waals surface area contributed by atoms with E-state index in [0.717, 1.165) is 40.6 Å². The molecular weight excluding hydrogens is 408 g/mol. The van der Waals surface area contributed by atoms with E-state index in [1.807, 2.05) is 29.2 Å². The van der Waals surface area contributed by atoms with Gasteiger partial charge >= 0.3 is 0 Å². The first-order valence-electron chi connectivity index (χ1n) is 10.4. The summed E-state index contributed by atoms with van der Waals surface area (Å²) in [5.74, 6) is 1.55. The number of benzene rings is 2.